The lowest BCUT2D eigenvalue weighted by molar-refractivity contribution is -0.169. The smallest absolute Gasteiger partial charge is 0.232 e. The van der Waals surface area contributed by atoms with Crippen LogP contribution in [0.4, 0.5) is 0 Å². The molecule has 3 saturated heterocycles. The van der Waals surface area contributed by atoms with Crippen molar-refractivity contribution < 1.29 is 19.1 Å². The fourth-order valence-electron chi connectivity index (χ4n) is 6.55. The van der Waals surface area contributed by atoms with Crippen molar-refractivity contribution in [1.29, 1.82) is 0 Å². The molecule has 3 heterocycles. The highest BCUT2D eigenvalue weighted by Crippen LogP contribution is 2.46. The van der Waals surface area contributed by atoms with Gasteiger partial charge in [0.2, 0.25) is 17.7 Å². The molecule has 0 N–H and O–H groups in total. The molecule has 4 rings (SSSR count). The lowest BCUT2D eigenvalue weighted by atomic mass is 9.67. The summed E-state index contributed by atoms with van der Waals surface area (Å²) < 4.78 is 5.26. The van der Waals surface area contributed by atoms with Crippen LogP contribution in [0.15, 0.2) is 0 Å². The van der Waals surface area contributed by atoms with E-state index in [0.29, 0.717) is 45.5 Å². The third kappa shape index (κ3) is 4.10. The molecule has 0 aromatic heterocycles. The number of ether oxygens (including phenoxy) is 1. The van der Waals surface area contributed by atoms with Crippen LogP contribution in [0.1, 0.15) is 71.1 Å². The van der Waals surface area contributed by atoms with Gasteiger partial charge in [0.05, 0.1) is 12.0 Å². The Morgan fingerprint density at radius 3 is 2.35 bits per heavy atom. The van der Waals surface area contributed by atoms with Gasteiger partial charge in [-0.3, -0.25) is 14.4 Å². The van der Waals surface area contributed by atoms with Crippen LogP contribution in [0.3, 0.4) is 0 Å². The minimum atomic E-state index is -0.676. The third-order valence-electron chi connectivity index (χ3n) is 8.38. The van der Waals surface area contributed by atoms with Crippen molar-refractivity contribution in [3.8, 4) is 0 Å². The summed E-state index contributed by atoms with van der Waals surface area (Å²) in [4.78, 5) is 46.3. The molecule has 0 spiro atoms. The van der Waals surface area contributed by atoms with Crippen LogP contribution in [0.25, 0.3) is 0 Å². The number of piperidine rings is 2. The van der Waals surface area contributed by atoms with Gasteiger partial charge in [-0.25, -0.2) is 0 Å². The number of nitrogens with zero attached hydrogens (tertiary/aromatic N) is 3. The van der Waals surface area contributed by atoms with Crippen molar-refractivity contribution in [1.82, 2.24) is 14.7 Å². The average molecular weight is 434 g/mol. The second-order valence-electron chi connectivity index (χ2n) is 10.4. The van der Waals surface area contributed by atoms with E-state index in [1.165, 1.54) is 6.42 Å². The predicted molar refractivity (Wildman–Crippen MR) is 117 cm³/mol. The van der Waals surface area contributed by atoms with Crippen LogP contribution in [-0.4, -0.2) is 84.9 Å². The van der Waals surface area contributed by atoms with E-state index in [2.05, 4.69) is 6.92 Å². The van der Waals surface area contributed by atoms with Gasteiger partial charge in [0, 0.05) is 57.7 Å². The van der Waals surface area contributed by atoms with Crippen LogP contribution in [0.5, 0.6) is 0 Å². The minimum Gasteiger partial charge on any atom is -0.383 e. The van der Waals surface area contributed by atoms with E-state index < -0.39 is 5.41 Å². The number of amides is 3. The molecular formula is C24H39N3O4. The molecule has 4 aliphatic rings. The normalized spacial score (nSPS) is 31.0. The number of hydrogen-bond acceptors (Lipinski definition) is 4. The Kier molecular flexibility index (Phi) is 6.61. The molecule has 4 fully saturated rings. The maximum atomic E-state index is 13.9. The summed E-state index contributed by atoms with van der Waals surface area (Å²) >= 11 is 0. The summed E-state index contributed by atoms with van der Waals surface area (Å²) in [5.41, 5.74) is -0.978. The first-order valence-electron chi connectivity index (χ1n) is 12.3. The van der Waals surface area contributed by atoms with E-state index >= 15 is 0 Å². The molecule has 31 heavy (non-hydrogen) atoms. The molecule has 174 valence electrons. The number of carbonyl (C=O) groups excluding carboxylic acids is 3. The summed E-state index contributed by atoms with van der Waals surface area (Å²) in [6.07, 6.45) is 8.99. The Balaban J connectivity index is 1.62. The molecule has 3 amide bonds. The second-order valence-corrected chi connectivity index (χ2v) is 10.4. The van der Waals surface area contributed by atoms with E-state index in [1.54, 1.807) is 7.11 Å². The number of methoxy groups -OCH3 is 1. The standard InChI is InChI=1S/C24H39N3O4/c1-23(10-4-3-5-11-23)21(29)26-15-9-19-24(18-26,22(30)25-13-6-7-14-25)12-8-20(28)27(19)16-17-31-2/h19H,3-18H2,1-2H3/t19-,24+/m1/s1. The van der Waals surface area contributed by atoms with Gasteiger partial charge in [-0.2, -0.15) is 0 Å². The molecule has 0 bridgehead atoms. The van der Waals surface area contributed by atoms with E-state index in [9.17, 15) is 14.4 Å². The number of likely N-dealkylation sites (tertiary alicyclic amines) is 3. The van der Waals surface area contributed by atoms with E-state index in [1.807, 2.05) is 14.7 Å². The first kappa shape index (κ1) is 22.6. The molecule has 3 aliphatic heterocycles. The van der Waals surface area contributed by atoms with Gasteiger partial charge in [0.15, 0.2) is 0 Å². The van der Waals surface area contributed by atoms with Crippen LogP contribution < -0.4 is 0 Å². The zero-order valence-electron chi connectivity index (χ0n) is 19.4. The highest BCUT2D eigenvalue weighted by Gasteiger charge is 2.57. The summed E-state index contributed by atoms with van der Waals surface area (Å²) in [5.74, 6) is 0.502. The van der Waals surface area contributed by atoms with Crippen molar-refractivity contribution >= 4 is 17.7 Å². The third-order valence-corrected chi connectivity index (χ3v) is 8.38. The monoisotopic (exact) mass is 433 g/mol. The second kappa shape index (κ2) is 9.08. The van der Waals surface area contributed by atoms with Gasteiger partial charge in [-0.15, -0.1) is 0 Å². The Labute approximate surface area is 186 Å². The average Bonchev–Trinajstić information content (AvgIpc) is 3.32. The van der Waals surface area contributed by atoms with Crippen molar-refractivity contribution in [3.05, 3.63) is 0 Å². The Morgan fingerprint density at radius 1 is 0.968 bits per heavy atom. The first-order valence-corrected chi connectivity index (χ1v) is 12.3. The van der Waals surface area contributed by atoms with E-state index in [-0.39, 0.29) is 29.2 Å². The van der Waals surface area contributed by atoms with Crippen molar-refractivity contribution in [2.24, 2.45) is 10.8 Å². The highest BCUT2D eigenvalue weighted by atomic mass is 16.5. The first-order chi connectivity index (χ1) is 14.9. The Hall–Kier alpha value is -1.63. The summed E-state index contributed by atoms with van der Waals surface area (Å²) in [7, 11) is 1.64. The van der Waals surface area contributed by atoms with Crippen LogP contribution in [-0.2, 0) is 19.1 Å². The maximum Gasteiger partial charge on any atom is 0.232 e. The van der Waals surface area contributed by atoms with Gasteiger partial charge in [-0.1, -0.05) is 26.2 Å². The van der Waals surface area contributed by atoms with Gasteiger partial charge in [0.1, 0.15) is 0 Å². The van der Waals surface area contributed by atoms with Crippen molar-refractivity contribution in [2.45, 2.75) is 77.2 Å². The molecule has 1 saturated carbocycles. The van der Waals surface area contributed by atoms with Crippen LogP contribution >= 0.6 is 0 Å². The molecule has 1 aliphatic carbocycles. The number of hydrogen-bond donors (Lipinski definition) is 0. The Bertz CT molecular complexity index is 699. The quantitative estimate of drug-likeness (QED) is 0.668. The molecule has 0 unspecified atom stereocenters. The van der Waals surface area contributed by atoms with Gasteiger partial charge < -0.3 is 19.4 Å². The van der Waals surface area contributed by atoms with Crippen molar-refractivity contribution in [3.63, 3.8) is 0 Å². The lowest BCUT2D eigenvalue weighted by Gasteiger charge is -2.55. The van der Waals surface area contributed by atoms with Gasteiger partial charge >= 0.3 is 0 Å². The highest BCUT2D eigenvalue weighted by molar-refractivity contribution is 5.90. The number of rotatable bonds is 5. The van der Waals surface area contributed by atoms with Gasteiger partial charge in [0.25, 0.3) is 0 Å². The van der Waals surface area contributed by atoms with Crippen LogP contribution in [0.2, 0.25) is 0 Å². The summed E-state index contributed by atoms with van der Waals surface area (Å²) in [6.45, 7) is 5.78. The zero-order valence-corrected chi connectivity index (χ0v) is 19.4. The summed E-state index contributed by atoms with van der Waals surface area (Å²) in [6, 6.07) is -0.139. The Morgan fingerprint density at radius 2 is 1.68 bits per heavy atom. The molecule has 7 nitrogen and oxygen atoms in total. The maximum absolute atomic E-state index is 13.9. The SMILES string of the molecule is COCCN1C(=O)CC[C@]2(C(=O)N3CCCC3)CN(C(=O)C3(C)CCCCC3)CC[C@@H]12. The van der Waals surface area contributed by atoms with E-state index in [0.717, 1.165) is 51.6 Å². The topological polar surface area (TPSA) is 70.2 Å². The van der Waals surface area contributed by atoms with E-state index in [4.69, 9.17) is 4.74 Å². The zero-order chi connectivity index (χ0) is 22.1. The van der Waals surface area contributed by atoms with Crippen LogP contribution in [0, 0.1) is 10.8 Å². The molecule has 0 aromatic rings. The molecule has 7 heteroatoms. The van der Waals surface area contributed by atoms with Crippen molar-refractivity contribution in [2.75, 3.05) is 46.4 Å². The fourth-order valence-corrected chi connectivity index (χ4v) is 6.55. The largest absolute Gasteiger partial charge is 0.383 e. The lowest BCUT2D eigenvalue weighted by Crippen LogP contribution is -2.68. The van der Waals surface area contributed by atoms with Gasteiger partial charge in [-0.05, 0) is 38.5 Å². The molecule has 2 atom stereocenters. The summed E-state index contributed by atoms with van der Waals surface area (Å²) in [5, 5.41) is 0. The molecule has 0 aromatic carbocycles. The fraction of sp³-hybridized carbons (Fsp3) is 0.875. The molecular weight excluding hydrogens is 394 g/mol. The minimum absolute atomic E-state index is 0.117. The predicted octanol–water partition coefficient (Wildman–Crippen LogP) is 2.44. The molecule has 0 radical (unpaired) electrons. The number of carbonyl (C=O) groups is 3. The number of fused-ring (bicyclic) bond motifs is 1.